The Balaban J connectivity index is 1.67. The number of aromatic nitrogens is 1. The van der Waals surface area contributed by atoms with Crippen LogP contribution in [0.5, 0.6) is 0 Å². The molecule has 3 nitrogen and oxygen atoms in total. The van der Waals surface area contributed by atoms with Crippen molar-refractivity contribution < 1.29 is 10.0 Å². The molecule has 2 heterocycles. The number of hydrogen-bond donors (Lipinski definition) is 2. The predicted octanol–water partition coefficient (Wildman–Crippen LogP) is 2.88. The van der Waals surface area contributed by atoms with Gasteiger partial charge in [0, 0.05) is 26.8 Å². The number of aliphatic hydroxyl groups is 1. The van der Waals surface area contributed by atoms with E-state index in [0.717, 1.165) is 22.5 Å². The van der Waals surface area contributed by atoms with Crippen LogP contribution in [0.15, 0.2) is 42.5 Å². The van der Waals surface area contributed by atoms with Gasteiger partial charge in [-0.05, 0) is 43.5 Å². The zero-order valence-electron chi connectivity index (χ0n) is 13.8. The zero-order valence-corrected chi connectivity index (χ0v) is 14.6. The maximum Gasteiger partial charge on any atom is 0.121 e. The smallest absolute Gasteiger partial charge is 0.121 e. The number of likely N-dealkylation sites (tertiary alicyclic amines) is 1. The first kappa shape index (κ1) is 15.9. The highest BCUT2D eigenvalue weighted by molar-refractivity contribution is 6.31. The van der Waals surface area contributed by atoms with E-state index in [0.29, 0.717) is 6.54 Å². The number of piperidine rings is 1. The van der Waals surface area contributed by atoms with Gasteiger partial charge in [-0.3, -0.25) is 0 Å². The molecule has 2 N–H and O–H groups in total. The van der Waals surface area contributed by atoms with Crippen molar-refractivity contribution in [3.63, 3.8) is 0 Å². The number of para-hydroxylation sites is 1. The highest BCUT2D eigenvalue weighted by Gasteiger charge is 2.20. The molecule has 24 heavy (non-hydrogen) atoms. The molecule has 1 aromatic heterocycles. The Kier molecular flexibility index (Phi) is 4.49. The molecule has 1 aliphatic rings. The maximum atomic E-state index is 10.7. The van der Waals surface area contributed by atoms with E-state index in [2.05, 4.69) is 34.9 Å². The summed E-state index contributed by atoms with van der Waals surface area (Å²) in [6, 6.07) is 14.4. The topological polar surface area (TPSA) is 29.6 Å². The fraction of sp³-hybridized carbons (Fsp3) is 0.400. The van der Waals surface area contributed by atoms with E-state index in [1.165, 1.54) is 48.2 Å². The van der Waals surface area contributed by atoms with Gasteiger partial charge < -0.3 is 14.6 Å². The van der Waals surface area contributed by atoms with Crippen molar-refractivity contribution in [2.24, 2.45) is 0 Å². The Morgan fingerprint density at radius 3 is 2.58 bits per heavy atom. The first-order chi connectivity index (χ1) is 11.7. The average Bonchev–Trinajstić information content (AvgIpc) is 2.89. The summed E-state index contributed by atoms with van der Waals surface area (Å²) in [6.07, 6.45) is 3.59. The van der Waals surface area contributed by atoms with E-state index in [1.807, 2.05) is 12.1 Å². The molecule has 0 aliphatic carbocycles. The van der Waals surface area contributed by atoms with Gasteiger partial charge in [0.05, 0.1) is 19.6 Å². The largest absolute Gasteiger partial charge is 0.385 e. The van der Waals surface area contributed by atoms with Gasteiger partial charge in [-0.25, -0.2) is 0 Å². The van der Waals surface area contributed by atoms with E-state index < -0.39 is 0 Å². The molecule has 1 fully saturated rings. The van der Waals surface area contributed by atoms with Gasteiger partial charge in [0.1, 0.15) is 12.6 Å². The van der Waals surface area contributed by atoms with Gasteiger partial charge in [0.15, 0.2) is 0 Å². The van der Waals surface area contributed by atoms with Crippen LogP contribution in [0.1, 0.15) is 19.3 Å². The van der Waals surface area contributed by atoms with Crippen LogP contribution in [-0.2, 0) is 6.54 Å². The number of hydrogen-bond acceptors (Lipinski definition) is 1. The molecular formula is C20H24ClN2O+. The number of nitrogens with one attached hydrogen (secondary N) is 1. The van der Waals surface area contributed by atoms with Crippen molar-refractivity contribution in [3.8, 4) is 0 Å². The minimum atomic E-state index is -0.326. The number of rotatable bonds is 4. The SMILES string of the molecule is O[C@H](Cn1c2ccccc2c2cc(Cl)ccc21)C[NH+]1CCCCC1. The summed E-state index contributed by atoms with van der Waals surface area (Å²) >= 11 is 6.20. The molecule has 0 radical (unpaired) electrons. The summed E-state index contributed by atoms with van der Waals surface area (Å²) in [7, 11) is 0. The molecule has 2 aromatic carbocycles. The van der Waals surface area contributed by atoms with E-state index in [1.54, 1.807) is 0 Å². The predicted molar refractivity (Wildman–Crippen MR) is 99.9 cm³/mol. The fourth-order valence-electron chi connectivity index (χ4n) is 4.09. The van der Waals surface area contributed by atoms with Crippen molar-refractivity contribution in [1.82, 2.24) is 4.57 Å². The summed E-state index contributed by atoms with van der Waals surface area (Å²) in [5, 5.41) is 13.8. The second kappa shape index (κ2) is 6.75. The lowest BCUT2D eigenvalue weighted by atomic mass is 10.1. The summed E-state index contributed by atoms with van der Waals surface area (Å²) in [5.74, 6) is 0. The molecule has 1 saturated heterocycles. The number of benzene rings is 2. The molecule has 1 aliphatic heterocycles. The van der Waals surface area contributed by atoms with E-state index in [9.17, 15) is 5.11 Å². The van der Waals surface area contributed by atoms with Crippen LogP contribution in [0, 0.1) is 0 Å². The Labute approximate surface area is 147 Å². The maximum absolute atomic E-state index is 10.7. The van der Waals surface area contributed by atoms with Crippen molar-refractivity contribution in [2.45, 2.75) is 31.9 Å². The Morgan fingerprint density at radius 2 is 1.75 bits per heavy atom. The summed E-state index contributed by atoms with van der Waals surface area (Å²) in [6.45, 7) is 3.86. The van der Waals surface area contributed by atoms with Crippen LogP contribution in [0.3, 0.4) is 0 Å². The van der Waals surface area contributed by atoms with E-state index >= 15 is 0 Å². The van der Waals surface area contributed by atoms with Gasteiger partial charge in [-0.1, -0.05) is 29.8 Å². The van der Waals surface area contributed by atoms with E-state index in [-0.39, 0.29) is 6.10 Å². The standard InChI is InChI=1S/C20H23ClN2O/c21-15-8-9-20-18(12-15)17-6-2-3-7-19(17)23(20)14-16(24)13-22-10-4-1-5-11-22/h2-3,6-9,12,16,24H,1,4-5,10-11,13-14H2/p+1/t16-/m0/s1. The van der Waals surface area contributed by atoms with Gasteiger partial charge in [0.2, 0.25) is 0 Å². The molecule has 0 saturated carbocycles. The number of fused-ring (bicyclic) bond motifs is 3. The number of aliphatic hydroxyl groups excluding tert-OH is 1. The lowest BCUT2D eigenvalue weighted by Gasteiger charge is -2.26. The van der Waals surface area contributed by atoms with Gasteiger partial charge in [-0.15, -0.1) is 0 Å². The van der Waals surface area contributed by atoms with Crippen LogP contribution in [0.25, 0.3) is 21.8 Å². The molecule has 4 rings (SSSR count). The second-order valence-electron chi connectivity index (χ2n) is 6.96. The third kappa shape index (κ3) is 3.04. The van der Waals surface area contributed by atoms with Gasteiger partial charge >= 0.3 is 0 Å². The summed E-state index contributed by atoms with van der Waals surface area (Å²) in [5.41, 5.74) is 2.32. The van der Waals surface area contributed by atoms with Crippen molar-refractivity contribution >= 4 is 33.4 Å². The molecule has 1 atom stereocenters. The lowest BCUT2D eigenvalue weighted by molar-refractivity contribution is -0.908. The molecule has 4 heteroatoms. The molecule has 126 valence electrons. The van der Waals surface area contributed by atoms with Gasteiger partial charge in [0.25, 0.3) is 0 Å². The zero-order chi connectivity index (χ0) is 16.5. The average molecular weight is 344 g/mol. The third-order valence-electron chi connectivity index (χ3n) is 5.21. The summed E-state index contributed by atoms with van der Waals surface area (Å²) < 4.78 is 2.25. The molecule has 0 unspecified atom stereocenters. The van der Waals surface area contributed by atoms with Crippen molar-refractivity contribution in [1.29, 1.82) is 0 Å². The third-order valence-corrected chi connectivity index (χ3v) is 5.45. The fourth-order valence-corrected chi connectivity index (χ4v) is 4.26. The van der Waals surface area contributed by atoms with Crippen LogP contribution in [0.4, 0.5) is 0 Å². The molecule has 0 spiro atoms. The lowest BCUT2D eigenvalue weighted by Crippen LogP contribution is -3.13. The van der Waals surface area contributed by atoms with E-state index in [4.69, 9.17) is 11.6 Å². The number of quaternary nitrogens is 1. The minimum absolute atomic E-state index is 0.326. The Bertz CT molecular complexity index is 851. The van der Waals surface area contributed by atoms with Crippen LogP contribution < -0.4 is 4.90 Å². The highest BCUT2D eigenvalue weighted by Crippen LogP contribution is 2.31. The number of halogens is 1. The quantitative estimate of drug-likeness (QED) is 0.749. The first-order valence-corrected chi connectivity index (χ1v) is 9.28. The van der Waals surface area contributed by atoms with Gasteiger partial charge in [-0.2, -0.15) is 0 Å². The van der Waals surface area contributed by atoms with Crippen LogP contribution in [-0.4, -0.2) is 35.4 Å². The molecule has 0 bridgehead atoms. The first-order valence-electron chi connectivity index (χ1n) is 8.90. The Hall–Kier alpha value is -1.55. The monoisotopic (exact) mass is 343 g/mol. The van der Waals surface area contributed by atoms with Crippen LogP contribution >= 0.6 is 11.6 Å². The number of nitrogens with zero attached hydrogens (tertiary/aromatic N) is 1. The van der Waals surface area contributed by atoms with Crippen molar-refractivity contribution in [3.05, 3.63) is 47.5 Å². The molecule has 3 aromatic rings. The summed E-state index contributed by atoms with van der Waals surface area (Å²) in [4.78, 5) is 1.54. The molecular weight excluding hydrogens is 320 g/mol. The Morgan fingerprint density at radius 1 is 1.00 bits per heavy atom. The molecule has 0 amide bonds. The van der Waals surface area contributed by atoms with Crippen molar-refractivity contribution in [2.75, 3.05) is 19.6 Å². The normalized spacial score (nSPS) is 17.6. The second-order valence-corrected chi connectivity index (χ2v) is 7.39. The highest BCUT2D eigenvalue weighted by atomic mass is 35.5. The van der Waals surface area contributed by atoms with Crippen LogP contribution in [0.2, 0.25) is 5.02 Å². The minimum Gasteiger partial charge on any atom is -0.385 e.